The number of nitro benzene ring substituents is 1. The number of carbonyl (C=O) groups is 1. The molecule has 126 valence electrons. The third-order valence-electron chi connectivity index (χ3n) is 4.40. The summed E-state index contributed by atoms with van der Waals surface area (Å²) in [4.78, 5) is 25.2. The number of nitro groups is 1. The second-order valence-corrected chi connectivity index (χ2v) is 6.02. The van der Waals surface area contributed by atoms with Crippen LogP contribution in [0.1, 0.15) is 26.7 Å². The van der Waals surface area contributed by atoms with Crippen LogP contribution in [0, 0.1) is 16.0 Å². The van der Waals surface area contributed by atoms with Crippen LogP contribution in [0.3, 0.4) is 0 Å². The summed E-state index contributed by atoms with van der Waals surface area (Å²) >= 11 is 0. The number of hydrogen-bond donors (Lipinski definition) is 1. The molecule has 23 heavy (non-hydrogen) atoms. The van der Waals surface area contributed by atoms with Gasteiger partial charge in [0.25, 0.3) is 5.69 Å². The van der Waals surface area contributed by atoms with Crippen LogP contribution in [0.5, 0.6) is 5.75 Å². The van der Waals surface area contributed by atoms with E-state index in [1.54, 1.807) is 6.07 Å². The van der Waals surface area contributed by atoms with Crippen molar-refractivity contribution in [2.45, 2.75) is 32.7 Å². The normalized spacial score (nSPS) is 17.5. The van der Waals surface area contributed by atoms with Crippen molar-refractivity contribution in [3.8, 4) is 5.75 Å². The Morgan fingerprint density at radius 1 is 1.43 bits per heavy atom. The van der Waals surface area contributed by atoms with Gasteiger partial charge in [-0.1, -0.05) is 6.92 Å². The Balaban J connectivity index is 2.09. The van der Waals surface area contributed by atoms with Gasteiger partial charge in [-0.05, 0) is 50.9 Å². The molecule has 0 aromatic heterocycles. The van der Waals surface area contributed by atoms with Gasteiger partial charge < -0.3 is 10.1 Å². The minimum atomic E-state index is -0.522. The smallest absolute Gasteiger partial charge is 0.296 e. The highest BCUT2D eigenvalue weighted by Gasteiger charge is 2.26. The number of anilines is 1. The van der Waals surface area contributed by atoms with Gasteiger partial charge >= 0.3 is 0 Å². The van der Waals surface area contributed by atoms with Crippen molar-refractivity contribution in [1.29, 1.82) is 0 Å². The van der Waals surface area contributed by atoms with E-state index in [-0.39, 0.29) is 23.3 Å². The second-order valence-electron chi connectivity index (χ2n) is 6.02. The summed E-state index contributed by atoms with van der Waals surface area (Å²) in [6.45, 7) is 5.80. The zero-order valence-corrected chi connectivity index (χ0v) is 13.7. The molecule has 1 aliphatic heterocycles. The van der Waals surface area contributed by atoms with E-state index in [0.717, 1.165) is 25.9 Å². The van der Waals surface area contributed by atoms with Crippen molar-refractivity contribution in [3.05, 3.63) is 28.3 Å². The van der Waals surface area contributed by atoms with Gasteiger partial charge in [0, 0.05) is 0 Å². The number of methoxy groups -OCH3 is 1. The lowest BCUT2D eigenvalue weighted by Crippen LogP contribution is -2.45. The molecule has 0 radical (unpaired) electrons. The molecule has 2 rings (SSSR count). The van der Waals surface area contributed by atoms with Crippen molar-refractivity contribution < 1.29 is 14.5 Å². The highest BCUT2D eigenvalue weighted by molar-refractivity contribution is 5.96. The van der Waals surface area contributed by atoms with Gasteiger partial charge in [-0.15, -0.1) is 0 Å². The fourth-order valence-corrected chi connectivity index (χ4v) is 2.71. The largest absolute Gasteiger partial charge is 0.496 e. The first kappa shape index (κ1) is 17.2. The molecule has 7 nitrogen and oxygen atoms in total. The Morgan fingerprint density at radius 2 is 2.09 bits per heavy atom. The molecule has 0 aliphatic carbocycles. The predicted octanol–water partition coefficient (Wildman–Crippen LogP) is 2.66. The molecule has 0 bridgehead atoms. The monoisotopic (exact) mass is 321 g/mol. The molecule has 1 atom stereocenters. The van der Waals surface area contributed by atoms with E-state index in [1.165, 1.54) is 19.2 Å². The molecule has 0 unspecified atom stereocenters. The van der Waals surface area contributed by atoms with E-state index >= 15 is 0 Å². The minimum Gasteiger partial charge on any atom is -0.496 e. The molecule has 1 N–H and O–H groups in total. The number of benzene rings is 1. The van der Waals surface area contributed by atoms with Gasteiger partial charge in [0.15, 0.2) is 0 Å². The highest BCUT2D eigenvalue weighted by Crippen LogP contribution is 2.29. The van der Waals surface area contributed by atoms with Gasteiger partial charge in [0.05, 0.1) is 24.1 Å². The van der Waals surface area contributed by atoms with Crippen LogP contribution in [0.25, 0.3) is 0 Å². The van der Waals surface area contributed by atoms with Crippen molar-refractivity contribution in [3.63, 3.8) is 0 Å². The first-order chi connectivity index (χ1) is 10.9. The summed E-state index contributed by atoms with van der Waals surface area (Å²) in [6.07, 6.45) is 2.14. The maximum Gasteiger partial charge on any atom is 0.296 e. The Morgan fingerprint density at radius 3 is 2.65 bits per heavy atom. The number of likely N-dealkylation sites (tertiary alicyclic amines) is 1. The number of ether oxygens (including phenoxy) is 1. The topological polar surface area (TPSA) is 84.7 Å². The molecule has 7 heteroatoms. The lowest BCUT2D eigenvalue weighted by molar-refractivity contribution is -0.384. The van der Waals surface area contributed by atoms with E-state index in [2.05, 4.69) is 17.1 Å². The van der Waals surface area contributed by atoms with Gasteiger partial charge in [-0.3, -0.25) is 19.8 Å². The molecular formula is C16H23N3O4. The fraction of sp³-hybridized carbons (Fsp3) is 0.562. The van der Waals surface area contributed by atoms with Crippen LogP contribution in [0.15, 0.2) is 18.2 Å². The SMILES string of the molecule is COc1ccc(NC(=O)[C@@H](C)N2CCC(C)CC2)c([N+](=O)[O-])c1. The summed E-state index contributed by atoms with van der Waals surface area (Å²) in [7, 11) is 1.44. The van der Waals surface area contributed by atoms with Gasteiger partial charge in [0.1, 0.15) is 11.4 Å². The van der Waals surface area contributed by atoms with Crippen LogP contribution < -0.4 is 10.1 Å². The molecule has 1 amide bonds. The van der Waals surface area contributed by atoms with E-state index in [0.29, 0.717) is 11.7 Å². The minimum absolute atomic E-state index is 0.169. The molecular weight excluding hydrogens is 298 g/mol. The summed E-state index contributed by atoms with van der Waals surface area (Å²) < 4.78 is 4.99. The Kier molecular flexibility index (Phi) is 5.54. The fourth-order valence-electron chi connectivity index (χ4n) is 2.71. The molecule has 0 spiro atoms. The maximum atomic E-state index is 12.4. The number of hydrogen-bond acceptors (Lipinski definition) is 5. The quantitative estimate of drug-likeness (QED) is 0.666. The van der Waals surface area contributed by atoms with E-state index in [1.807, 2.05) is 6.92 Å². The van der Waals surface area contributed by atoms with E-state index < -0.39 is 4.92 Å². The van der Waals surface area contributed by atoms with Crippen LogP contribution >= 0.6 is 0 Å². The molecule has 1 aromatic rings. The van der Waals surface area contributed by atoms with Crippen LogP contribution in [-0.2, 0) is 4.79 Å². The third-order valence-corrected chi connectivity index (χ3v) is 4.40. The van der Waals surface area contributed by atoms with Crippen molar-refractivity contribution >= 4 is 17.3 Å². The number of nitrogens with zero attached hydrogens (tertiary/aromatic N) is 2. The molecule has 0 saturated carbocycles. The Bertz CT molecular complexity index is 583. The Hall–Kier alpha value is -2.15. The lowest BCUT2D eigenvalue weighted by atomic mass is 9.98. The van der Waals surface area contributed by atoms with E-state index in [9.17, 15) is 14.9 Å². The van der Waals surface area contributed by atoms with Crippen LogP contribution in [-0.4, -0.2) is 42.0 Å². The first-order valence-corrected chi connectivity index (χ1v) is 7.79. The second kappa shape index (κ2) is 7.41. The summed E-state index contributed by atoms with van der Waals surface area (Å²) in [5, 5.41) is 13.8. The zero-order chi connectivity index (χ0) is 17.0. The van der Waals surface area contributed by atoms with Gasteiger partial charge in [-0.2, -0.15) is 0 Å². The maximum absolute atomic E-state index is 12.4. The summed E-state index contributed by atoms with van der Waals surface area (Å²) in [5.41, 5.74) is 0.0233. The predicted molar refractivity (Wildman–Crippen MR) is 87.7 cm³/mol. The average molecular weight is 321 g/mol. The molecule has 1 aliphatic rings. The number of amides is 1. The van der Waals surface area contributed by atoms with Gasteiger partial charge in [0.2, 0.25) is 5.91 Å². The molecule has 1 fully saturated rings. The number of carbonyl (C=O) groups excluding carboxylic acids is 1. The summed E-state index contributed by atoms with van der Waals surface area (Å²) in [5.74, 6) is 0.838. The summed E-state index contributed by atoms with van der Waals surface area (Å²) in [6, 6.07) is 4.09. The number of piperidine rings is 1. The van der Waals surface area contributed by atoms with Crippen molar-refractivity contribution in [1.82, 2.24) is 4.90 Å². The molecule has 1 heterocycles. The number of nitrogens with one attached hydrogen (secondary N) is 1. The zero-order valence-electron chi connectivity index (χ0n) is 13.7. The number of rotatable bonds is 5. The van der Waals surface area contributed by atoms with E-state index in [4.69, 9.17) is 4.74 Å². The van der Waals surface area contributed by atoms with Crippen LogP contribution in [0.4, 0.5) is 11.4 Å². The van der Waals surface area contributed by atoms with Crippen molar-refractivity contribution in [2.24, 2.45) is 5.92 Å². The molecule has 1 aromatic carbocycles. The van der Waals surface area contributed by atoms with Crippen molar-refractivity contribution in [2.75, 3.05) is 25.5 Å². The third kappa shape index (κ3) is 4.19. The van der Waals surface area contributed by atoms with Crippen LogP contribution in [0.2, 0.25) is 0 Å². The lowest BCUT2D eigenvalue weighted by Gasteiger charge is -2.34. The first-order valence-electron chi connectivity index (χ1n) is 7.79. The highest BCUT2D eigenvalue weighted by atomic mass is 16.6. The Labute approximate surface area is 135 Å². The van der Waals surface area contributed by atoms with Gasteiger partial charge in [-0.25, -0.2) is 0 Å². The average Bonchev–Trinajstić information content (AvgIpc) is 2.55. The standard InChI is InChI=1S/C16H23N3O4/c1-11-6-8-18(9-7-11)12(2)16(20)17-14-5-4-13(23-3)10-15(14)19(21)22/h4-5,10-12H,6-9H2,1-3H3,(H,17,20)/t12-/m1/s1. The molecule has 1 saturated heterocycles.